The van der Waals surface area contributed by atoms with E-state index >= 15 is 0 Å². The Morgan fingerprint density at radius 3 is 2.44 bits per heavy atom. The third-order valence-corrected chi connectivity index (χ3v) is 7.42. The quantitative estimate of drug-likeness (QED) is 0.101. The first-order valence-corrected chi connectivity index (χ1v) is 15.4. The normalized spacial score (nSPS) is 12.4. The molecular weight excluding hydrogens is 530 g/mol. The standard InChI is InChI=1S/C32H47N7OS/c1-10-13-25(36-26-17-23(32(5,6)7)18-27(37-41-9)31(26)40-8)22-15-14-21(4)28(16-22)39(34)20-24(33)29-19-35-30(11-2)38(29)12-3/h13-20,36-37H,10-12,33-34H2,1-9H3/b24-20-,25-13-. The Morgan fingerprint density at radius 1 is 1.15 bits per heavy atom. The maximum atomic E-state index is 6.60. The van der Waals surface area contributed by atoms with Gasteiger partial charge in [-0.2, -0.15) is 0 Å². The first-order valence-electron chi connectivity index (χ1n) is 14.1. The molecule has 0 fully saturated rings. The van der Waals surface area contributed by atoms with Gasteiger partial charge in [-0.25, -0.2) is 10.8 Å². The van der Waals surface area contributed by atoms with Crippen molar-refractivity contribution in [3.63, 3.8) is 0 Å². The van der Waals surface area contributed by atoms with E-state index < -0.39 is 0 Å². The van der Waals surface area contributed by atoms with Crippen molar-refractivity contribution < 1.29 is 4.74 Å². The molecule has 3 aromatic rings. The Hall–Kier alpha value is -3.56. The van der Waals surface area contributed by atoms with E-state index in [-0.39, 0.29) is 5.41 Å². The first-order chi connectivity index (χ1) is 19.5. The molecule has 0 amide bonds. The topological polar surface area (TPSA) is 106 Å². The lowest BCUT2D eigenvalue weighted by Crippen LogP contribution is -2.27. The van der Waals surface area contributed by atoms with Crippen molar-refractivity contribution >= 4 is 40.4 Å². The van der Waals surface area contributed by atoms with E-state index in [9.17, 15) is 0 Å². The number of anilines is 3. The predicted molar refractivity (Wildman–Crippen MR) is 178 cm³/mol. The first kappa shape index (κ1) is 32.0. The summed E-state index contributed by atoms with van der Waals surface area (Å²) >= 11 is 1.54. The average molecular weight is 578 g/mol. The van der Waals surface area contributed by atoms with E-state index in [1.165, 1.54) is 17.5 Å². The molecule has 0 radical (unpaired) electrons. The van der Waals surface area contributed by atoms with Crippen LogP contribution >= 0.6 is 11.9 Å². The third-order valence-electron chi connectivity index (χ3n) is 6.99. The molecular formula is C32H47N7OS. The number of hydrogen-bond acceptors (Lipinski definition) is 8. The van der Waals surface area contributed by atoms with Crippen molar-refractivity contribution in [3.05, 3.63) is 77.0 Å². The lowest BCUT2D eigenvalue weighted by atomic mass is 9.86. The van der Waals surface area contributed by atoms with Gasteiger partial charge >= 0.3 is 0 Å². The van der Waals surface area contributed by atoms with Gasteiger partial charge in [0.1, 0.15) is 5.82 Å². The van der Waals surface area contributed by atoms with Gasteiger partial charge in [0.05, 0.1) is 41.8 Å². The molecule has 0 aliphatic heterocycles. The van der Waals surface area contributed by atoms with E-state index in [4.69, 9.17) is 16.3 Å². The highest BCUT2D eigenvalue weighted by molar-refractivity contribution is 7.99. The Balaban J connectivity index is 2.04. The van der Waals surface area contributed by atoms with Crippen LogP contribution in [0, 0.1) is 6.92 Å². The van der Waals surface area contributed by atoms with Crippen LogP contribution < -0.4 is 31.4 Å². The zero-order valence-electron chi connectivity index (χ0n) is 26.1. The van der Waals surface area contributed by atoms with E-state index in [1.807, 2.05) is 19.4 Å². The molecule has 0 aliphatic rings. The largest absolute Gasteiger partial charge is 0.492 e. The molecule has 0 bridgehead atoms. The van der Waals surface area contributed by atoms with Crippen LogP contribution in [-0.4, -0.2) is 22.9 Å². The number of methoxy groups -OCH3 is 1. The van der Waals surface area contributed by atoms with Gasteiger partial charge in [-0.3, -0.25) is 5.01 Å². The molecule has 8 nitrogen and oxygen atoms in total. The van der Waals surface area contributed by atoms with Crippen molar-refractivity contribution in [2.75, 3.05) is 28.4 Å². The van der Waals surface area contributed by atoms with Gasteiger partial charge in [0, 0.05) is 31.1 Å². The molecule has 9 heteroatoms. The minimum Gasteiger partial charge on any atom is -0.492 e. The molecule has 6 N–H and O–H groups in total. The second-order valence-electron chi connectivity index (χ2n) is 11.0. The highest BCUT2D eigenvalue weighted by Gasteiger charge is 2.21. The van der Waals surface area contributed by atoms with Crippen LogP contribution in [0.4, 0.5) is 17.1 Å². The maximum absolute atomic E-state index is 6.60. The number of nitrogens with one attached hydrogen (secondary N) is 2. The van der Waals surface area contributed by atoms with Crippen LogP contribution in [0.3, 0.4) is 0 Å². The smallest absolute Gasteiger partial charge is 0.166 e. The summed E-state index contributed by atoms with van der Waals surface area (Å²) in [5.41, 5.74) is 14.8. The minimum atomic E-state index is -0.0411. The van der Waals surface area contributed by atoms with Gasteiger partial charge in [-0.05, 0) is 60.6 Å². The number of hydrazine groups is 1. The molecule has 2 aromatic carbocycles. The number of hydrogen-bond donors (Lipinski definition) is 4. The molecule has 0 unspecified atom stereocenters. The molecule has 3 rings (SSSR count). The Morgan fingerprint density at radius 2 is 1.85 bits per heavy atom. The molecule has 0 aliphatic carbocycles. The molecule has 1 aromatic heterocycles. The summed E-state index contributed by atoms with van der Waals surface area (Å²) in [5.74, 6) is 8.37. The van der Waals surface area contributed by atoms with Crippen LogP contribution in [0.1, 0.15) is 76.2 Å². The van der Waals surface area contributed by atoms with Gasteiger partial charge in [0.25, 0.3) is 0 Å². The molecule has 1 heterocycles. The average Bonchev–Trinajstić information content (AvgIpc) is 3.36. The summed E-state index contributed by atoms with van der Waals surface area (Å²) in [6.07, 6.45) is 9.45. The zero-order valence-corrected chi connectivity index (χ0v) is 26.9. The van der Waals surface area contributed by atoms with Gasteiger partial charge in [0.2, 0.25) is 0 Å². The number of nitrogens with zero attached hydrogens (tertiary/aromatic N) is 3. The molecule has 41 heavy (non-hydrogen) atoms. The van der Waals surface area contributed by atoms with Crippen molar-refractivity contribution in [2.24, 2.45) is 11.6 Å². The van der Waals surface area contributed by atoms with Crippen molar-refractivity contribution in [3.8, 4) is 5.75 Å². The molecule has 0 saturated carbocycles. The number of nitrogens with two attached hydrogens (primary N) is 2. The minimum absolute atomic E-state index is 0.0411. The lowest BCUT2D eigenvalue weighted by molar-refractivity contribution is 0.418. The summed E-state index contributed by atoms with van der Waals surface area (Å²) in [6, 6.07) is 10.6. The molecule has 222 valence electrons. The van der Waals surface area contributed by atoms with Crippen LogP contribution in [0.5, 0.6) is 5.75 Å². The summed E-state index contributed by atoms with van der Waals surface area (Å²) in [6.45, 7) is 15.8. The van der Waals surface area contributed by atoms with E-state index in [0.29, 0.717) is 5.70 Å². The van der Waals surface area contributed by atoms with Crippen LogP contribution in [0.15, 0.2) is 48.8 Å². The molecule has 0 spiro atoms. The lowest BCUT2D eigenvalue weighted by Gasteiger charge is -2.25. The second-order valence-corrected chi connectivity index (χ2v) is 11.6. The number of aromatic nitrogens is 2. The summed E-state index contributed by atoms with van der Waals surface area (Å²) in [4.78, 5) is 4.53. The molecule has 0 atom stereocenters. The fourth-order valence-electron chi connectivity index (χ4n) is 4.77. The van der Waals surface area contributed by atoms with Gasteiger partial charge in [0.15, 0.2) is 5.75 Å². The highest BCUT2D eigenvalue weighted by atomic mass is 32.2. The highest BCUT2D eigenvalue weighted by Crippen LogP contribution is 2.41. The zero-order chi connectivity index (χ0) is 30.3. The fourth-order valence-corrected chi connectivity index (χ4v) is 5.14. The van der Waals surface area contributed by atoms with Crippen LogP contribution in [0.25, 0.3) is 11.4 Å². The Labute approximate surface area is 250 Å². The van der Waals surface area contributed by atoms with E-state index in [0.717, 1.165) is 70.5 Å². The summed E-state index contributed by atoms with van der Waals surface area (Å²) < 4.78 is 11.4. The van der Waals surface area contributed by atoms with Crippen molar-refractivity contribution in [1.29, 1.82) is 0 Å². The number of imidazole rings is 1. The predicted octanol–water partition coefficient (Wildman–Crippen LogP) is 7.27. The number of rotatable bonds is 12. The Bertz CT molecular complexity index is 1400. The van der Waals surface area contributed by atoms with Crippen molar-refractivity contribution in [2.45, 2.75) is 73.3 Å². The Kier molecular flexibility index (Phi) is 10.8. The third kappa shape index (κ3) is 7.40. The maximum Gasteiger partial charge on any atom is 0.166 e. The monoisotopic (exact) mass is 577 g/mol. The van der Waals surface area contributed by atoms with E-state index in [1.54, 1.807) is 18.3 Å². The van der Waals surface area contributed by atoms with Gasteiger partial charge < -0.3 is 25.1 Å². The second kappa shape index (κ2) is 13.9. The molecule has 0 saturated heterocycles. The van der Waals surface area contributed by atoms with Crippen LogP contribution in [0.2, 0.25) is 0 Å². The van der Waals surface area contributed by atoms with Crippen molar-refractivity contribution in [1.82, 2.24) is 9.55 Å². The van der Waals surface area contributed by atoms with Crippen LogP contribution in [-0.2, 0) is 18.4 Å². The number of allylic oxidation sites excluding steroid dienone is 1. The van der Waals surface area contributed by atoms with E-state index in [2.05, 4.69) is 97.5 Å². The fraction of sp³-hybridized carbons (Fsp3) is 0.406. The van der Waals surface area contributed by atoms with Gasteiger partial charge in [-0.1, -0.05) is 64.8 Å². The number of aryl methyl sites for hydroxylation is 2. The van der Waals surface area contributed by atoms with Gasteiger partial charge in [-0.15, -0.1) is 0 Å². The summed E-state index contributed by atoms with van der Waals surface area (Å²) in [7, 11) is 1.70. The number of benzene rings is 2. The summed E-state index contributed by atoms with van der Waals surface area (Å²) in [5, 5.41) is 5.27. The SMILES string of the molecule is CC/C=C(\Nc1cc(C(C)(C)C)cc(NSC)c1OC)c1ccc(C)c(N(N)/C=C(\N)c2cnc(CC)n2CC)c1. The number of ether oxygens (including phenoxy) is 1.